The summed E-state index contributed by atoms with van der Waals surface area (Å²) in [5.74, 6) is 0.0728. The van der Waals surface area contributed by atoms with Crippen LogP contribution >= 0.6 is 0 Å². The number of carbonyl (C=O) groups excluding carboxylic acids is 1. The summed E-state index contributed by atoms with van der Waals surface area (Å²) < 4.78 is 5.06. The maximum absolute atomic E-state index is 12.3. The highest BCUT2D eigenvalue weighted by Crippen LogP contribution is 2.08. The number of anilines is 1. The van der Waals surface area contributed by atoms with Crippen LogP contribution in [0.4, 0.5) is 5.69 Å². The molecule has 5 heteroatoms. The molecule has 1 aromatic rings. The first-order chi connectivity index (χ1) is 9.08. The van der Waals surface area contributed by atoms with Gasteiger partial charge in [-0.15, -0.1) is 0 Å². The predicted octanol–water partition coefficient (Wildman–Crippen LogP) is 1.48. The average Bonchev–Trinajstić information content (AvgIpc) is 2.41. The average molecular weight is 265 g/mol. The van der Waals surface area contributed by atoms with Gasteiger partial charge in [0.25, 0.3) is 0 Å². The van der Waals surface area contributed by atoms with Gasteiger partial charge in [-0.1, -0.05) is 6.92 Å². The first kappa shape index (κ1) is 15.4. The number of hydrogen-bond acceptors (Lipinski definition) is 4. The third kappa shape index (κ3) is 4.87. The van der Waals surface area contributed by atoms with E-state index in [-0.39, 0.29) is 11.9 Å². The van der Waals surface area contributed by atoms with Crippen molar-refractivity contribution in [2.24, 2.45) is 0 Å². The minimum absolute atomic E-state index is 0.0728. The summed E-state index contributed by atoms with van der Waals surface area (Å²) in [6, 6.07) is 3.76. The standard InChI is InChI=1S/C14H23N3O2/c1-4-11(2)17(7-8-19-3)14(18)9-13-6-5-12(15)10-16-13/h5-6,10-11H,4,7-9,15H2,1-3H3. The molecule has 1 heterocycles. The van der Waals surface area contributed by atoms with E-state index in [1.165, 1.54) is 0 Å². The fourth-order valence-corrected chi connectivity index (χ4v) is 1.80. The van der Waals surface area contributed by atoms with Gasteiger partial charge in [0.2, 0.25) is 5.91 Å². The van der Waals surface area contributed by atoms with Crippen molar-refractivity contribution in [3.05, 3.63) is 24.0 Å². The Bertz CT molecular complexity index is 392. The highest BCUT2D eigenvalue weighted by atomic mass is 16.5. The maximum Gasteiger partial charge on any atom is 0.228 e. The molecule has 2 N–H and O–H groups in total. The van der Waals surface area contributed by atoms with Crippen LogP contribution in [0.2, 0.25) is 0 Å². The summed E-state index contributed by atoms with van der Waals surface area (Å²) in [7, 11) is 1.64. The Kier molecular flexibility index (Phi) is 6.29. The lowest BCUT2D eigenvalue weighted by Gasteiger charge is -2.28. The van der Waals surface area contributed by atoms with E-state index in [4.69, 9.17) is 10.5 Å². The Balaban J connectivity index is 2.67. The molecule has 1 amide bonds. The number of rotatable bonds is 7. The van der Waals surface area contributed by atoms with Crippen molar-refractivity contribution < 1.29 is 9.53 Å². The van der Waals surface area contributed by atoms with Crippen LogP contribution in [0.3, 0.4) is 0 Å². The SMILES string of the molecule is CCC(C)N(CCOC)C(=O)Cc1ccc(N)cn1. The van der Waals surface area contributed by atoms with Crippen molar-refractivity contribution in [3.8, 4) is 0 Å². The van der Waals surface area contributed by atoms with Gasteiger partial charge in [0.15, 0.2) is 0 Å². The molecule has 1 rings (SSSR count). The molecule has 1 aromatic heterocycles. The zero-order valence-electron chi connectivity index (χ0n) is 11.9. The van der Waals surface area contributed by atoms with E-state index in [0.29, 0.717) is 25.3 Å². The van der Waals surface area contributed by atoms with Crippen LogP contribution in [-0.2, 0) is 16.0 Å². The van der Waals surface area contributed by atoms with Crippen molar-refractivity contribution in [2.75, 3.05) is 26.0 Å². The summed E-state index contributed by atoms with van der Waals surface area (Å²) >= 11 is 0. The molecule has 19 heavy (non-hydrogen) atoms. The zero-order chi connectivity index (χ0) is 14.3. The highest BCUT2D eigenvalue weighted by Gasteiger charge is 2.19. The number of carbonyl (C=O) groups is 1. The summed E-state index contributed by atoms with van der Waals surface area (Å²) in [4.78, 5) is 18.3. The maximum atomic E-state index is 12.3. The van der Waals surface area contributed by atoms with Crippen LogP contribution < -0.4 is 5.73 Å². The smallest absolute Gasteiger partial charge is 0.228 e. The van der Waals surface area contributed by atoms with E-state index in [1.807, 2.05) is 11.8 Å². The molecular weight excluding hydrogens is 242 g/mol. The fraction of sp³-hybridized carbons (Fsp3) is 0.571. The second-order valence-electron chi connectivity index (χ2n) is 4.60. The Morgan fingerprint density at radius 2 is 2.26 bits per heavy atom. The van der Waals surface area contributed by atoms with E-state index in [0.717, 1.165) is 12.1 Å². The predicted molar refractivity (Wildman–Crippen MR) is 75.7 cm³/mol. The normalized spacial score (nSPS) is 12.2. The van der Waals surface area contributed by atoms with Gasteiger partial charge in [0.1, 0.15) is 0 Å². The highest BCUT2D eigenvalue weighted by molar-refractivity contribution is 5.78. The number of hydrogen-bond donors (Lipinski definition) is 1. The third-order valence-electron chi connectivity index (χ3n) is 3.16. The molecule has 0 aromatic carbocycles. The van der Waals surface area contributed by atoms with Gasteiger partial charge in [0, 0.05) is 25.4 Å². The molecule has 0 fully saturated rings. The first-order valence-electron chi connectivity index (χ1n) is 6.57. The van der Waals surface area contributed by atoms with Gasteiger partial charge >= 0.3 is 0 Å². The van der Waals surface area contributed by atoms with Gasteiger partial charge in [-0.25, -0.2) is 0 Å². The Morgan fingerprint density at radius 1 is 1.53 bits per heavy atom. The molecule has 1 unspecified atom stereocenters. The van der Waals surface area contributed by atoms with E-state index < -0.39 is 0 Å². The largest absolute Gasteiger partial charge is 0.397 e. The Morgan fingerprint density at radius 3 is 2.79 bits per heavy atom. The summed E-state index contributed by atoms with van der Waals surface area (Å²) in [6.45, 7) is 5.27. The van der Waals surface area contributed by atoms with Crippen LogP contribution in [0.1, 0.15) is 26.0 Å². The molecule has 0 aliphatic rings. The van der Waals surface area contributed by atoms with Crippen molar-refractivity contribution >= 4 is 11.6 Å². The molecule has 0 saturated carbocycles. The van der Waals surface area contributed by atoms with Crippen molar-refractivity contribution in [1.82, 2.24) is 9.88 Å². The van der Waals surface area contributed by atoms with Crippen LogP contribution in [0.15, 0.2) is 18.3 Å². The second-order valence-corrected chi connectivity index (χ2v) is 4.60. The third-order valence-corrected chi connectivity index (χ3v) is 3.16. The number of pyridine rings is 1. The van der Waals surface area contributed by atoms with Gasteiger partial charge < -0.3 is 15.4 Å². The Hall–Kier alpha value is -1.62. The molecule has 5 nitrogen and oxygen atoms in total. The van der Waals surface area contributed by atoms with Crippen LogP contribution in [0.5, 0.6) is 0 Å². The number of methoxy groups -OCH3 is 1. The van der Waals surface area contributed by atoms with Gasteiger partial charge in [0.05, 0.1) is 24.9 Å². The van der Waals surface area contributed by atoms with Crippen molar-refractivity contribution in [1.29, 1.82) is 0 Å². The van der Waals surface area contributed by atoms with E-state index in [2.05, 4.69) is 11.9 Å². The second kappa shape index (κ2) is 7.74. The summed E-state index contributed by atoms with van der Waals surface area (Å²) in [5.41, 5.74) is 6.92. The van der Waals surface area contributed by atoms with E-state index in [9.17, 15) is 4.79 Å². The molecule has 0 radical (unpaired) electrons. The number of aromatic nitrogens is 1. The van der Waals surface area contributed by atoms with E-state index in [1.54, 1.807) is 25.4 Å². The lowest BCUT2D eigenvalue weighted by Crippen LogP contribution is -2.41. The lowest BCUT2D eigenvalue weighted by atomic mass is 10.1. The number of nitrogens with zero attached hydrogens (tertiary/aromatic N) is 2. The topological polar surface area (TPSA) is 68.5 Å². The molecule has 0 bridgehead atoms. The quantitative estimate of drug-likeness (QED) is 0.811. The number of amides is 1. The van der Waals surface area contributed by atoms with Crippen molar-refractivity contribution in [3.63, 3.8) is 0 Å². The first-order valence-corrected chi connectivity index (χ1v) is 6.57. The van der Waals surface area contributed by atoms with Gasteiger partial charge in [-0.05, 0) is 25.5 Å². The van der Waals surface area contributed by atoms with Crippen LogP contribution in [-0.4, -0.2) is 42.1 Å². The lowest BCUT2D eigenvalue weighted by molar-refractivity contribution is -0.133. The van der Waals surface area contributed by atoms with Crippen molar-refractivity contribution in [2.45, 2.75) is 32.7 Å². The number of ether oxygens (including phenoxy) is 1. The molecule has 1 atom stereocenters. The fourth-order valence-electron chi connectivity index (χ4n) is 1.80. The van der Waals surface area contributed by atoms with Gasteiger partial charge in [-0.3, -0.25) is 9.78 Å². The summed E-state index contributed by atoms with van der Waals surface area (Å²) in [5, 5.41) is 0. The molecule has 0 spiro atoms. The minimum atomic E-state index is 0.0728. The summed E-state index contributed by atoms with van der Waals surface area (Å²) in [6.07, 6.45) is 2.80. The number of nitrogen functional groups attached to an aromatic ring is 1. The molecular formula is C14H23N3O2. The zero-order valence-corrected chi connectivity index (χ0v) is 11.9. The number of nitrogens with two attached hydrogens (primary N) is 1. The minimum Gasteiger partial charge on any atom is -0.397 e. The molecule has 0 aliphatic carbocycles. The monoisotopic (exact) mass is 265 g/mol. The van der Waals surface area contributed by atoms with Crippen LogP contribution in [0.25, 0.3) is 0 Å². The molecule has 106 valence electrons. The molecule has 0 aliphatic heterocycles. The van der Waals surface area contributed by atoms with Gasteiger partial charge in [-0.2, -0.15) is 0 Å². The van der Waals surface area contributed by atoms with Crippen LogP contribution in [0, 0.1) is 0 Å². The van der Waals surface area contributed by atoms with E-state index >= 15 is 0 Å². The Labute approximate surface area is 114 Å². The molecule has 0 saturated heterocycles.